The summed E-state index contributed by atoms with van der Waals surface area (Å²) in [5.41, 5.74) is 0. The van der Waals surface area contributed by atoms with Crippen LogP contribution in [0, 0.1) is 11.8 Å². The summed E-state index contributed by atoms with van der Waals surface area (Å²) < 4.78 is 23.2. The van der Waals surface area contributed by atoms with E-state index in [9.17, 15) is 8.42 Å². The standard InChI is InChI=1S/C7H16N2O2S/c1-6-3-4-9(5-7(6)2)12(8,10)11/h6-7H,3-5H2,1-2H3,(H2,8,10,11)/t6-,7+/m1/s1. The van der Waals surface area contributed by atoms with E-state index in [4.69, 9.17) is 5.14 Å². The predicted molar refractivity (Wildman–Crippen MR) is 47.6 cm³/mol. The Morgan fingerprint density at radius 3 is 2.33 bits per heavy atom. The van der Waals surface area contributed by atoms with E-state index < -0.39 is 10.2 Å². The van der Waals surface area contributed by atoms with Crippen LogP contribution in [0.25, 0.3) is 0 Å². The van der Waals surface area contributed by atoms with Crippen molar-refractivity contribution in [1.82, 2.24) is 4.31 Å². The van der Waals surface area contributed by atoms with Crippen molar-refractivity contribution in [3.63, 3.8) is 0 Å². The van der Waals surface area contributed by atoms with Crippen LogP contribution in [0.1, 0.15) is 20.3 Å². The minimum absolute atomic E-state index is 0.414. The summed E-state index contributed by atoms with van der Waals surface area (Å²) in [6.45, 7) is 5.34. The number of nitrogens with zero attached hydrogens (tertiary/aromatic N) is 1. The Morgan fingerprint density at radius 1 is 1.33 bits per heavy atom. The van der Waals surface area contributed by atoms with Gasteiger partial charge in [-0.2, -0.15) is 12.7 Å². The van der Waals surface area contributed by atoms with Crippen molar-refractivity contribution in [2.24, 2.45) is 17.0 Å². The van der Waals surface area contributed by atoms with Crippen molar-refractivity contribution in [2.45, 2.75) is 20.3 Å². The van der Waals surface area contributed by atoms with Crippen LogP contribution in [0.3, 0.4) is 0 Å². The molecule has 1 heterocycles. The van der Waals surface area contributed by atoms with Crippen molar-refractivity contribution in [2.75, 3.05) is 13.1 Å². The van der Waals surface area contributed by atoms with Gasteiger partial charge in [-0.3, -0.25) is 0 Å². The molecule has 2 N–H and O–H groups in total. The highest BCUT2D eigenvalue weighted by atomic mass is 32.2. The number of piperidine rings is 1. The molecular formula is C7H16N2O2S. The summed E-state index contributed by atoms with van der Waals surface area (Å²) >= 11 is 0. The molecule has 1 rings (SSSR count). The Balaban J connectivity index is 2.64. The first kappa shape index (κ1) is 9.95. The van der Waals surface area contributed by atoms with Crippen LogP contribution in [0.4, 0.5) is 0 Å². The molecule has 0 spiro atoms. The monoisotopic (exact) mass is 192 g/mol. The molecule has 4 nitrogen and oxygen atoms in total. The lowest BCUT2D eigenvalue weighted by Crippen LogP contribution is -2.45. The molecule has 12 heavy (non-hydrogen) atoms. The Labute approximate surface area is 73.9 Å². The molecule has 0 aliphatic carbocycles. The minimum Gasteiger partial charge on any atom is -0.216 e. The van der Waals surface area contributed by atoms with Crippen molar-refractivity contribution < 1.29 is 8.42 Å². The molecule has 1 fully saturated rings. The van der Waals surface area contributed by atoms with Gasteiger partial charge in [0.1, 0.15) is 0 Å². The van der Waals surface area contributed by atoms with Crippen molar-refractivity contribution >= 4 is 10.2 Å². The van der Waals surface area contributed by atoms with Gasteiger partial charge in [0.25, 0.3) is 10.2 Å². The van der Waals surface area contributed by atoms with Crippen LogP contribution in [0.15, 0.2) is 0 Å². The second kappa shape index (κ2) is 3.32. The van der Waals surface area contributed by atoms with Gasteiger partial charge in [0.2, 0.25) is 0 Å². The molecule has 1 saturated heterocycles. The molecule has 1 aliphatic rings. The maximum atomic E-state index is 10.9. The first-order valence-corrected chi connectivity index (χ1v) is 5.69. The number of rotatable bonds is 1. The van der Waals surface area contributed by atoms with E-state index in [0.29, 0.717) is 24.9 Å². The molecule has 0 radical (unpaired) electrons. The zero-order valence-corrected chi connectivity index (χ0v) is 8.34. The maximum absolute atomic E-state index is 10.9. The highest BCUT2D eigenvalue weighted by Crippen LogP contribution is 2.23. The third-order valence-corrected chi connectivity index (χ3v) is 3.71. The number of hydrogen-bond donors (Lipinski definition) is 1. The van der Waals surface area contributed by atoms with E-state index in [1.165, 1.54) is 4.31 Å². The van der Waals surface area contributed by atoms with E-state index in [0.717, 1.165) is 6.42 Å². The molecule has 0 aromatic heterocycles. The van der Waals surface area contributed by atoms with Gasteiger partial charge in [-0.05, 0) is 18.3 Å². The first-order valence-electron chi connectivity index (χ1n) is 4.19. The van der Waals surface area contributed by atoms with Crippen LogP contribution in [0.2, 0.25) is 0 Å². The molecule has 0 amide bonds. The van der Waals surface area contributed by atoms with Gasteiger partial charge >= 0.3 is 0 Å². The minimum atomic E-state index is -3.45. The fraction of sp³-hybridized carbons (Fsp3) is 1.00. The average Bonchev–Trinajstić information content (AvgIpc) is 1.92. The molecule has 0 bridgehead atoms. The summed E-state index contributed by atoms with van der Waals surface area (Å²) in [5.74, 6) is 1.01. The van der Waals surface area contributed by atoms with E-state index in [2.05, 4.69) is 13.8 Å². The number of nitrogens with two attached hydrogens (primary N) is 1. The lowest BCUT2D eigenvalue weighted by atomic mass is 9.90. The van der Waals surface area contributed by atoms with Gasteiger partial charge in [-0.1, -0.05) is 13.8 Å². The van der Waals surface area contributed by atoms with Gasteiger partial charge in [0, 0.05) is 13.1 Å². The van der Waals surface area contributed by atoms with Crippen LogP contribution in [0.5, 0.6) is 0 Å². The normalized spacial score (nSPS) is 33.6. The number of hydrogen-bond acceptors (Lipinski definition) is 2. The van der Waals surface area contributed by atoms with E-state index in [1.54, 1.807) is 0 Å². The Bertz CT molecular complexity index is 250. The molecule has 0 unspecified atom stereocenters. The zero-order chi connectivity index (χ0) is 9.35. The lowest BCUT2D eigenvalue weighted by molar-refractivity contribution is 0.212. The van der Waals surface area contributed by atoms with E-state index >= 15 is 0 Å². The van der Waals surface area contributed by atoms with Gasteiger partial charge in [-0.15, -0.1) is 0 Å². The molecule has 2 atom stereocenters. The fourth-order valence-corrected chi connectivity index (χ4v) is 2.26. The SMILES string of the molecule is C[C@@H]1CCN(S(N)(=O)=O)C[C@@H]1C. The highest BCUT2D eigenvalue weighted by Gasteiger charge is 2.27. The second-order valence-electron chi connectivity index (χ2n) is 3.65. The van der Waals surface area contributed by atoms with Crippen LogP contribution in [-0.2, 0) is 10.2 Å². The smallest absolute Gasteiger partial charge is 0.216 e. The summed E-state index contributed by atoms with van der Waals surface area (Å²) in [6, 6.07) is 0. The van der Waals surface area contributed by atoms with Gasteiger partial charge < -0.3 is 0 Å². The largest absolute Gasteiger partial charge is 0.276 e. The Kier molecular flexibility index (Phi) is 2.75. The van der Waals surface area contributed by atoms with Crippen molar-refractivity contribution in [1.29, 1.82) is 0 Å². The molecular weight excluding hydrogens is 176 g/mol. The third kappa shape index (κ3) is 2.18. The summed E-state index contributed by atoms with van der Waals surface area (Å²) in [5, 5.41) is 5.02. The molecule has 0 aromatic carbocycles. The third-order valence-electron chi connectivity index (χ3n) is 2.66. The second-order valence-corrected chi connectivity index (χ2v) is 5.19. The highest BCUT2D eigenvalue weighted by molar-refractivity contribution is 7.86. The predicted octanol–water partition coefficient (Wildman–Crippen LogP) is 0.168. The van der Waals surface area contributed by atoms with Gasteiger partial charge in [-0.25, -0.2) is 5.14 Å². The van der Waals surface area contributed by atoms with Crippen molar-refractivity contribution in [3.05, 3.63) is 0 Å². The molecule has 0 saturated carbocycles. The lowest BCUT2D eigenvalue weighted by Gasteiger charge is -2.33. The first-order chi connectivity index (χ1) is 5.41. The molecule has 1 aliphatic heterocycles. The van der Waals surface area contributed by atoms with Crippen LogP contribution >= 0.6 is 0 Å². The van der Waals surface area contributed by atoms with Crippen molar-refractivity contribution in [3.8, 4) is 0 Å². The zero-order valence-electron chi connectivity index (χ0n) is 7.53. The molecule has 72 valence electrons. The topological polar surface area (TPSA) is 63.4 Å². The summed E-state index contributed by atoms with van der Waals surface area (Å²) in [4.78, 5) is 0. The van der Waals surface area contributed by atoms with Crippen LogP contribution < -0.4 is 5.14 Å². The average molecular weight is 192 g/mol. The van der Waals surface area contributed by atoms with Gasteiger partial charge in [0.05, 0.1) is 0 Å². The molecule has 0 aromatic rings. The Hall–Kier alpha value is -0.130. The van der Waals surface area contributed by atoms with Crippen LogP contribution in [-0.4, -0.2) is 25.8 Å². The quantitative estimate of drug-likeness (QED) is 0.643. The summed E-state index contributed by atoms with van der Waals surface area (Å²) in [7, 11) is -3.45. The summed E-state index contributed by atoms with van der Waals surface area (Å²) in [6.07, 6.45) is 0.914. The molecule has 5 heteroatoms. The van der Waals surface area contributed by atoms with E-state index in [-0.39, 0.29) is 0 Å². The van der Waals surface area contributed by atoms with Gasteiger partial charge in [0.15, 0.2) is 0 Å². The fourth-order valence-electron chi connectivity index (χ4n) is 1.46. The van der Waals surface area contributed by atoms with E-state index in [1.807, 2.05) is 0 Å². The Morgan fingerprint density at radius 2 is 1.92 bits per heavy atom. The maximum Gasteiger partial charge on any atom is 0.276 e.